The summed E-state index contributed by atoms with van der Waals surface area (Å²) >= 11 is 1.34. The van der Waals surface area contributed by atoms with Crippen LogP contribution in [0, 0.1) is 0 Å². The summed E-state index contributed by atoms with van der Waals surface area (Å²) in [5.41, 5.74) is 12.5. The van der Waals surface area contributed by atoms with E-state index in [2.05, 4.69) is 39.8 Å². The highest BCUT2D eigenvalue weighted by Crippen LogP contribution is 2.42. The van der Waals surface area contributed by atoms with Crippen molar-refractivity contribution >= 4 is 35.1 Å². The van der Waals surface area contributed by atoms with Gasteiger partial charge in [-0.15, -0.1) is 11.3 Å². The molecule has 2 amide bonds. The standard InChI is InChI=1S/C26H32N8O4S/c1-25(2)8-9-38-18-13(5-3-6-14(18)25)21(36)30-16-12-34-24(28)31-15(11-29-22(37)17-7-4-10-39-17)19-26(34,20(16)35)33-23(27)32-19/h3-7,10,15-16,19-20,35H,8-9,11-12H2,1-2H3,(H2,28,31)(H,29,37)(H,30,36)(H3,27,32,33)/t15-,16?,19?,20+,26?/m0/s1. The molecule has 0 aliphatic carbocycles. The summed E-state index contributed by atoms with van der Waals surface area (Å²) < 4.78 is 5.93. The van der Waals surface area contributed by atoms with Gasteiger partial charge in [0.2, 0.25) is 0 Å². The Kier molecular flexibility index (Phi) is 5.95. The number of ether oxygens (including phenoxy) is 1. The number of rotatable bonds is 5. The lowest BCUT2D eigenvalue weighted by molar-refractivity contribution is 0.0143. The van der Waals surface area contributed by atoms with Crippen LogP contribution in [-0.4, -0.2) is 83.3 Å². The SMILES string of the molecule is CC1(C)CCOc2c(C(=O)NC3CN4C(N)=N[C@@H](CNC(=O)c5cccs5)C5N=C(N)NC54[C@@H]3O)cccc21. The van der Waals surface area contributed by atoms with E-state index < -0.39 is 29.9 Å². The zero-order valence-electron chi connectivity index (χ0n) is 21.7. The molecule has 206 valence electrons. The lowest BCUT2D eigenvalue weighted by Gasteiger charge is -2.46. The molecule has 3 unspecified atom stereocenters. The van der Waals surface area contributed by atoms with E-state index in [0.29, 0.717) is 22.8 Å². The van der Waals surface area contributed by atoms with Crippen molar-refractivity contribution in [2.45, 2.75) is 55.6 Å². The summed E-state index contributed by atoms with van der Waals surface area (Å²) in [4.78, 5) is 37.5. The number of hydrogen-bond acceptors (Lipinski definition) is 11. The van der Waals surface area contributed by atoms with Gasteiger partial charge in [-0.1, -0.05) is 32.0 Å². The molecule has 1 aromatic heterocycles. The van der Waals surface area contributed by atoms with Gasteiger partial charge in [0.15, 0.2) is 17.6 Å². The Morgan fingerprint density at radius 1 is 1.23 bits per heavy atom. The molecular weight excluding hydrogens is 520 g/mol. The Morgan fingerprint density at radius 3 is 2.82 bits per heavy atom. The van der Waals surface area contributed by atoms with E-state index in [1.807, 2.05) is 17.5 Å². The summed E-state index contributed by atoms with van der Waals surface area (Å²) in [6, 6.07) is 7.14. The second-order valence-electron chi connectivity index (χ2n) is 11.0. The average Bonchev–Trinajstić information content (AvgIpc) is 3.62. The highest BCUT2D eigenvalue weighted by atomic mass is 32.1. The number of aliphatic imine (C=N–C) groups is 2. The normalized spacial score (nSPS) is 30.1. The van der Waals surface area contributed by atoms with Gasteiger partial charge in [0.25, 0.3) is 11.8 Å². The number of hydrogen-bond donors (Lipinski definition) is 6. The molecule has 13 heteroatoms. The van der Waals surface area contributed by atoms with Crippen molar-refractivity contribution in [3.63, 3.8) is 0 Å². The fourth-order valence-corrected chi connectivity index (χ4v) is 6.73. The molecule has 1 aromatic carbocycles. The Labute approximate surface area is 229 Å². The molecule has 5 heterocycles. The molecule has 1 fully saturated rings. The zero-order chi connectivity index (χ0) is 27.5. The third kappa shape index (κ3) is 3.98. The van der Waals surface area contributed by atoms with Gasteiger partial charge in [0, 0.05) is 18.7 Å². The van der Waals surface area contributed by atoms with Gasteiger partial charge in [0.05, 0.1) is 29.1 Å². The molecule has 1 spiro atoms. The lowest BCUT2D eigenvalue weighted by Crippen LogP contribution is -2.73. The summed E-state index contributed by atoms with van der Waals surface area (Å²) in [5.74, 6) is 0.275. The molecule has 12 nitrogen and oxygen atoms in total. The Balaban J connectivity index is 1.24. The molecule has 0 radical (unpaired) electrons. The van der Waals surface area contributed by atoms with Gasteiger partial charge in [-0.2, -0.15) is 0 Å². The first-order chi connectivity index (χ1) is 18.6. The van der Waals surface area contributed by atoms with Crippen LogP contribution < -0.4 is 32.2 Å². The van der Waals surface area contributed by atoms with Crippen LogP contribution in [0.4, 0.5) is 0 Å². The predicted octanol–water partition coefficient (Wildman–Crippen LogP) is -0.307. The fourth-order valence-electron chi connectivity index (χ4n) is 6.09. The number of carbonyl (C=O) groups is 2. The third-order valence-corrected chi connectivity index (χ3v) is 9.02. The second-order valence-corrected chi connectivity index (χ2v) is 11.9. The Hall–Kier alpha value is -3.84. The van der Waals surface area contributed by atoms with Crippen molar-refractivity contribution < 1.29 is 19.4 Å². The summed E-state index contributed by atoms with van der Waals surface area (Å²) in [6.45, 7) is 5.11. The maximum absolute atomic E-state index is 13.5. The van der Waals surface area contributed by atoms with Crippen molar-refractivity contribution in [2.24, 2.45) is 21.5 Å². The zero-order valence-corrected chi connectivity index (χ0v) is 22.5. The van der Waals surface area contributed by atoms with Crippen molar-refractivity contribution in [1.29, 1.82) is 0 Å². The van der Waals surface area contributed by atoms with Crippen molar-refractivity contribution in [1.82, 2.24) is 20.9 Å². The Bertz CT molecular complexity index is 1380. The molecule has 8 N–H and O–H groups in total. The van der Waals surface area contributed by atoms with E-state index in [4.69, 9.17) is 16.2 Å². The minimum atomic E-state index is -1.22. The van der Waals surface area contributed by atoms with Crippen molar-refractivity contribution in [2.75, 3.05) is 19.7 Å². The number of benzene rings is 1. The molecule has 1 saturated heterocycles. The van der Waals surface area contributed by atoms with Crippen LogP contribution in [0.2, 0.25) is 0 Å². The van der Waals surface area contributed by atoms with Crippen LogP contribution >= 0.6 is 11.3 Å². The maximum Gasteiger partial charge on any atom is 0.261 e. The van der Waals surface area contributed by atoms with Crippen LogP contribution in [-0.2, 0) is 5.41 Å². The average molecular weight is 553 g/mol. The van der Waals surface area contributed by atoms with Crippen LogP contribution in [0.1, 0.15) is 45.9 Å². The minimum Gasteiger partial charge on any atom is -0.492 e. The highest BCUT2D eigenvalue weighted by Gasteiger charge is 2.65. The summed E-state index contributed by atoms with van der Waals surface area (Å²) in [5, 5.41) is 22.5. The molecule has 4 aliphatic rings. The van der Waals surface area contributed by atoms with Gasteiger partial charge in [0.1, 0.15) is 17.9 Å². The predicted molar refractivity (Wildman–Crippen MR) is 147 cm³/mol. The molecule has 0 bridgehead atoms. The van der Waals surface area contributed by atoms with Crippen molar-refractivity contribution in [3.8, 4) is 5.75 Å². The van der Waals surface area contributed by atoms with Gasteiger partial charge in [-0.25, -0.2) is 9.98 Å². The molecule has 0 saturated carbocycles. The molecule has 2 aromatic rings. The van der Waals surface area contributed by atoms with Crippen LogP contribution in [0.5, 0.6) is 5.75 Å². The number of fused-ring (bicyclic) bond motifs is 1. The molecule has 4 aliphatic heterocycles. The fraction of sp³-hybridized carbons (Fsp3) is 0.462. The first-order valence-electron chi connectivity index (χ1n) is 12.9. The molecular formula is C26H32N8O4S. The van der Waals surface area contributed by atoms with Gasteiger partial charge in [-0.3, -0.25) is 9.59 Å². The van der Waals surface area contributed by atoms with E-state index in [0.717, 1.165) is 12.0 Å². The number of aliphatic hydroxyl groups excluding tert-OH is 1. The third-order valence-electron chi connectivity index (χ3n) is 8.15. The van der Waals surface area contributed by atoms with Gasteiger partial charge in [-0.05, 0) is 29.3 Å². The largest absolute Gasteiger partial charge is 0.492 e. The van der Waals surface area contributed by atoms with E-state index in [-0.39, 0.29) is 42.2 Å². The molecule has 5 atom stereocenters. The van der Waals surface area contributed by atoms with Gasteiger partial charge >= 0.3 is 0 Å². The van der Waals surface area contributed by atoms with Crippen LogP contribution in [0.25, 0.3) is 0 Å². The minimum absolute atomic E-state index is 0.120. The summed E-state index contributed by atoms with van der Waals surface area (Å²) in [6.07, 6.45) is -0.288. The number of nitrogens with two attached hydrogens (primary N) is 2. The number of amides is 2. The highest BCUT2D eigenvalue weighted by molar-refractivity contribution is 7.12. The summed E-state index contributed by atoms with van der Waals surface area (Å²) in [7, 11) is 0. The van der Waals surface area contributed by atoms with E-state index in [1.165, 1.54) is 11.3 Å². The first kappa shape index (κ1) is 25.4. The van der Waals surface area contributed by atoms with E-state index in [1.54, 1.807) is 23.1 Å². The van der Waals surface area contributed by atoms with Crippen LogP contribution in [0.15, 0.2) is 45.7 Å². The van der Waals surface area contributed by atoms with Crippen molar-refractivity contribution in [3.05, 3.63) is 51.7 Å². The van der Waals surface area contributed by atoms with E-state index >= 15 is 0 Å². The monoisotopic (exact) mass is 552 g/mol. The number of carbonyl (C=O) groups excluding carboxylic acids is 2. The number of aliphatic hydroxyl groups is 1. The smallest absolute Gasteiger partial charge is 0.261 e. The first-order valence-corrected chi connectivity index (χ1v) is 13.8. The number of nitrogens with zero attached hydrogens (tertiary/aromatic N) is 3. The maximum atomic E-state index is 13.5. The quantitative estimate of drug-likeness (QED) is 0.292. The number of para-hydroxylation sites is 1. The van der Waals surface area contributed by atoms with Gasteiger partial charge < -0.3 is 42.2 Å². The second kappa shape index (κ2) is 9.12. The number of guanidine groups is 2. The van der Waals surface area contributed by atoms with Crippen LogP contribution in [0.3, 0.4) is 0 Å². The lowest BCUT2D eigenvalue weighted by atomic mass is 9.79. The Morgan fingerprint density at radius 2 is 2.05 bits per heavy atom. The topological polar surface area (TPSA) is 180 Å². The molecule has 39 heavy (non-hydrogen) atoms. The molecule has 6 rings (SSSR count). The number of thiophene rings is 1. The number of nitrogens with one attached hydrogen (secondary N) is 3. The van der Waals surface area contributed by atoms with E-state index in [9.17, 15) is 14.7 Å².